The summed E-state index contributed by atoms with van der Waals surface area (Å²) in [4.78, 5) is 0. The lowest BCUT2D eigenvalue weighted by Crippen LogP contribution is -2.41. The number of rotatable bonds is 5. The molecule has 0 bridgehead atoms. The summed E-state index contributed by atoms with van der Waals surface area (Å²) in [5, 5.41) is 0. The molecule has 0 fully saturated rings. The second kappa shape index (κ2) is 4.93. The fourth-order valence-electron chi connectivity index (χ4n) is 0.961. The van der Waals surface area contributed by atoms with Gasteiger partial charge in [-0.25, -0.2) is 12.7 Å². The molecule has 2 N–H and O–H groups in total. The van der Waals surface area contributed by atoms with Gasteiger partial charge >= 0.3 is 0 Å². The molecule has 0 aliphatic heterocycles. The van der Waals surface area contributed by atoms with Crippen molar-refractivity contribution in [1.29, 1.82) is 0 Å². The van der Waals surface area contributed by atoms with E-state index in [9.17, 15) is 8.42 Å². The maximum Gasteiger partial charge on any atom is 0.214 e. The van der Waals surface area contributed by atoms with E-state index in [1.54, 1.807) is 14.0 Å². The normalized spacial score (nSPS) is 15.3. The summed E-state index contributed by atoms with van der Waals surface area (Å²) < 4.78 is 24.6. The standard InChI is InChI=1S/C8H20N2O2S/c1-7(2)6-13(11,12)10(4)8(3)5-9/h7-8H,5-6,9H2,1-4H3. The fourth-order valence-corrected chi connectivity index (χ4v) is 2.67. The molecule has 0 saturated heterocycles. The van der Waals surface area contributed by atoms with Crippen molar-refractivity contribution in [3.63, 3.8) is 0 Å². The molecule has 80 valence electrons. The van der Waals surface area contributed by atoms with E-state index in [0.717, 1.165) is 0 Å². The number of sulfonamides is 1. The highest BCUT2D eigenvalue weighted by Crippen LogP contribution is 2.07. The van der Waals surface area contributed by atoms with E-state index in [1.807, 2.05) is 13.8 Å². The number of likely N-dealkylation sites (N-methyl/N-ethyl adjacent to an activating group) is 1. The molecule has 0 aromatic carbocycles. The second-order valence-electron chi connectivity index (χ2n) is 3.77. The van der Waals surface area contributed by atoms with Crippen LogP contribution >= 0.6 is 0 Å². The van der Waals surface area contributed by atoms with Gasteiger partial charge in [0, 0.05) is 19.6 Å². The van der Waals surface area contributed by atoms with Crippen LogP contribution in [0.3, 0.4) is 0 Å². The fraction of sp³-hybridized carbons (Fsp3) is 1.00. The predicted octanol–water partition coefficient (Wildman–Crippen LogP) is 0.251. The van der Waals surface area contributed by atoms with Crippen molar-refractivity contribution in [3.05, 3.63) is 0 Å². The van der Waals surface area contributed by atoms with Crippen LogP contribution in [0.4, 0.5) is 0 Å². The molecule has 0 radical (unpaired) electrons. The van der Waals surface area contributed by atoms with Crippen molar-refractivity contribution in [2.24, 2.45) is 11.7 Å². The molecule has 4 nitrogen and oxygen atoms in total. The lowest BCUT2D eigenvalue weighted by Gasteiger charge is -2.23. The van der Waals surface area contributed by atoms with Crippen LogP contribution in [0, 0.1) is 5.92 Å². The summed E-state index contributed by atoms with van der Waals surface area (Å²) in [6, 6.07) is -0.122. The SMILES string of the molecule is CC(C)CS(=O)(=O)N(C)C(C)CN. The molecule has 0 aliphatic carbocycles. The third kappa shape index (κ3) is 4.06. The Morgan fingerprint density at radius 2 is 1.77 bits per heavy atom. The van der Waals surface area contributed by atoms with Gasteiger partial charge in [-0.15, -0.1) is 0 Å². The number of nitrogens with two attached hydrogens (primary N) is 1. The lowest BCUT2D eigenvalue weighted by atomic mass is 10.3. The summed E-state index contributed by atoms with van der Waals surface area (Å²) in [6.45, 7) is 5.93. The van der Waals surface area contributed by atoms with Gasteiger partial charge in [0.15, 0.2) is 0 Å². The second-order valence-corrected chi connectivity index (χ2v) is 5.85. The van der Waals surface area contributed by atoms with Crippen molar-refractivity contribution in [1.82, 2.24) is 4.31 Å². The van der Waals surface area contributed by atoms with Crippen LogP contribution in [0.1, 0.15) is 20.8 Å². The molecule has 0 aromatic heterocycles. The van der Waals surface area contributed by atoms with Gasteiger partial charge in [-0.3, -0.25) is 0 Å². The predicted molar refractivity (Wildman–Crippen MR) is 54.9 cm³/mol. The van der Waals surface area contributed by atoms with Gasteiger partial charge in [0.2, 0.25) is 10.0 Å². The van der Waals surface area contributed by atoms with Gasteiger partial charge in [0.05, 0.1) is 5.75 Å². The van der Waals surface area contributed by atoms with E-state index in [2.05, 4.69) is 0 Å². The highest BCUT2D eigenvalue weighted by atomic mass is 32.2. The maximum absolute atomic E-state index is 11.6. The first-order chi connectivity index (χ1) is 5.81. The molecule has 0 amide bonds. The topological polar surface area (TPSA) is 63.4 Å². The molecule has 0 saturated carbocycles. The van der Waals surface area contributed by atoms with Crippen LogP contribution in [0.5, 0.6) is 0 Å². The smallest absolute Gasteiger partial charge is 0.214 e. The zero-order valence-electron chi connectivity index (χ0n) is 8.82. The van der Waals surface area contributed by atoms with Gasteiger partial charge in [0.1, 0.15) is 0 Å². The largest absolute Gasteiger partial charge is 0.329 e. The molecule has 5 heteroatoms. The van der Waals surface area contributed by atoms with Crippen LogP contribution in [0.25, 0.3) is 0 Å². The molecule has 1 unspecified atom stereocenters. The highest BCUT2D eigenvalue weighted by Gasteiger charge is 2.22. The van der Waals surface area contributed by atoms with E-state index in [4.69, 9.17) is 5.73 Å². The third-order valence-electron chi connectivity index (χ3n) is 1.94. The minimum atomic E-state index is -3.12. The van der Waals surface area contributed by atoms with Crippen LogP contribution < -0.4 is 5.73 Å². The van der Waals surface area contributed by atoms with Crippen molar-refractivity contribution in [2.45, 2.75) is 26.8 Å². The summed E-state index contributed by atoms with van der Waals surface area (Å²) in [5.74, 6) is 0.339. The average Bonchev–Trinajstić information content (AvgIpc) is 1.99. The first kappa shape index (κ1) is 12.9. The van der Waals surface area contributed by atoms with Crippen LogP contribution in [-0.2, 0) is 10.0 Å². The van der Waals surface area contributed by atoms with Gasteiger partial charge in [-0.1, -0.05) is 13.8 Å². The minimum Gasteiger partial charge on any atom is -0.329 e. The molecule has 0 rings (SSSR count). The van der Waals surface area contributed by atoms with E-state index < -0.39 is 10.0 Å². The number of hydrogen-bond donors (Lipinski definition) is 1. The number of hydrogen-bond acceptors (Lipinski definition) is 3. The van der Waals surface area contributed by atoms with Crippen LogP contribution in [-0.4, -0.2) is 38.1 Å². The Balaban J connectivity index is 4.46. The van der Waals surface area contributed by atoms with Gasteiger partial charge < -0.3 is 5.73 Å². The molecule has 0 heterocycles. The van der Waals surface area contributed by atoms with Gasteiger partial charge in [-0.05, 0) is 12.8 Å². The summed E-state index contributed by atoms with van der Waals surface area (Å²) >= 11 is 0. The monoisotopic (exact) mass is 208 g/mol. The molecule has 0 aromatic rings. The highest BCUT2D eigenvalue weighted by molar-refractivity contribution is 7.89. The van der Waals surface area contributed by atoms with Crippen molar-refractivity contribution >= 4 is 10.0 Å². The summed E-state index contributed by atoms with van der Waals surface area (Å²) in [6.07, 6.45) is 0. The molecular weight excluding hydrogens is 188 g/mol. The quantitative estimate of drug-likeness (QED) is 0.704. The average molecular weight is 208 g/mol. The van der Waals surface area contributed by atoms with E-state index >= 15 is 0 Å². The van der Waals surface area contributed by atoms with E-state index in [1.165, 1.54) is 4.31 Å². The first-order valence-electron chi connectivity index (χ1n) is 4.47. The van der Waals surface area contributed by atoms with Gasteiger partial charge in [-0.2, -0.15) is 0 Å². The molecule has 0 spiro atoms. The zero-order valence-corrected chi connectivity index (χ0v) is 9.63. The van der Waals surface area contributed by atoms with E-state index in [0.29, 0.717) is 6.54 Å². The zero-order chi connectivity index (χ0) is 10.6. The Kier molecular flexibility index (Phi) is 4.88. The van der Waals surface area contributed by atoms with Crippen LogP contribution in [0.15, 0.2) is 0 Å². The van der Waals surface area contributed by atoms with Crippen molar-refractivity contribution in [2.75, 3.05) is 19.3 Å². The summed E-state index contributed by atoms with van der Waals surface area (Å²) in [5.41, 5.74) is 5.39. The molecule has 13 heavy (non-hydrogen) atoms. The summed E-state index contributed by atoms with van der Waals surface area (Å²) in [7, 11) is -1.54. The van der Waals surface area contributed by atoms with Crippen molar-refractivity contribution < 1.29 is 8.42 Å². The Morgan fingerprint density at radius 3 is 2.08 bits per heavy atom. The Labute approximate surface area is 81.2 Å². The Hall–Kier alpha value is -0.130. The lowest BCUT2D eigenvalue weighted by molar-refractivity contribution is 0.391. The molecular formula is C8H20N2O2S. The molecule has 0 aliphatic rings. The van der Waals surface area contributed by atoms with Gasteiger partial charge in [0.25, 0.3) is 0 Å². The Bertz CT molecular complexity index is 237. The Morgan fingerprint density at radius 1 is 1.31 bits per heavy atom. The van der Waals surface area contributed by atoms with Crippen LogP contribution in [0.2, 0.25) is 0 Å². The minimum absolute atomic E-state index is 0.122. The molecule has 1 atom stereocenters. The van der Waals surface area contributed by atoms with E-state index in [-0.39, 0.29) is 17.7 Å². The maximum atomic E-state index is 11.6. The third-order valence-corrected chi connectivity index (χ3v) is 4.27. The first-order valence-corrected chi connectivity index (χ1v) is 6.08. The van der Waals surface area contributed by atoms with Crippen molar-refractivity contribution in [3.8, 4) is 0 Å². The number of nitrogens with zero attached hydrogens (tertiary/aromatic N) is 1.